The van der Waals surface area contributed by atoms with Gasteiger partial charge in [0.15, 0.2) is 5.78 Å². The van der Waals surface area contributed by atoms with Gasteiger partial charge in [0.25, 0.3) is 0 Å². The third-order valence-electron chi connectivity index (χ3n) is 4.80. The summed E-state index contributed by atoms with van der Waals surface area (Å²) in [6, 6.07) is 26.5. The molecule has 0 heterocycles. The van der Waals surface area contributed by atoms with E-state index in [4.69, 9.17) is 4.74 Å². The number of Topliss-reactive ketones (excluding diaryl/α,β-unsaturated/α-hetero) is 1. The van der Waals surface area contributed by atoms with Crippen LogP contribution in [0.1, 0.15) is 39.7 Å². The summed E-state index contributed by atoms with van der Waals surface area (Å²) in [6.45, 7) is 0. The molecule has 0 aromatic heterocycles. The molecule has 3 aromatic rings. The van der Waals surface area contributed by atoms with Gasteiger partial charge in [-0.25, -0.2) is 0 Å². The van der Waals surface area contributed by atoms with Crippen LogP contribution in [0.2, 0.25) is 0 Å². The summed E-state index contributed by atoms with van der Waals surface area (Å²) in [5, 5.41) is 0. The normalized spacial score (nSPS) is 12.8. The summed E-state index contributed by atoms with van der Waals surface area (Å²) < 4.78 is 5.23. The van der Waals surface area contributed by atoms with E-state index in [2.05, 4.69) is 0 Å². The molecule has 0 spiro atoms. The van der Waals surface area contributed by atoms with Crippen molar-refractivity contribution >= 4 is 12.1 Å². The van der Waals surface area contributed by atoms with Gasteiger partial charge in [-0.15, -0.1) is 0 Å². The lowest BCUT2D eigenvalue weighted by atomic mass is 9.76. The number of ketones is 1. The summed E-state index contributed by atoms with van der Waals surface area (Å²) in [5.41, 5.74) is 2.51. The molecule has 0 bridgehead atoms. The molecule has 0 fully saturated rings. The molecule has 0 amide bonds. The molecule has 0 radical (unpaired) electrons. The van der Waals surface area contributed by atoms with Crippen molar-refractivity contribution in [2.75, 3.05) is 7.11 Å². The largest absolute Gasteiger partial charge is 0.497 e. The highest BCUT2D eigenvalue weighted by Gasteiger charge is 2.31. The fraction of sp³-hybridized carbons (Fsp3) is 0.167. The summed E-state index contributed by atoms with van der Waals surface area (Å²) in [5.74, 6) is 0.0782. The predicted molar refractivity (Wildman–Crippen MR) is 106 cm³/mol. The van der Waals surface area contributed by atoms with Crippen molar-refractivity contribution in [2.45, 2.75) is 18.3 Å². The lowest BCUT2D eigenvalue weighted by Gasteiger charge is -2.26. The van der Waals surface area contributed by atoms with Gasteiger partial charge < -0.3 is 9.53 Å². The van der Waals surface area contributed by atoms with Crippen LogP contribution in [0.3, 0.4) is 0 Å². The molecule has 3 rings (SSSR count). The van der Waals surface area contributed by atoms with Crippen molar-refractivity contribution in [3.63, 3.8) is 0 Å². The van der Waals surface area contributed by atoms with Gasteiger partial charge in [0.05, 0.1) is 13.0 Å². The molecule has 0 unspecified atom stereocenters. The van der Waals surface area contributed by atoms with Gasteiger partial charge in [-0.3, -0.25) is 4.79 Å². The number of hydrogen-bond donors (Lipinski definition) is 0. The van der Waals surface area contributed by atoms with Crippen LogP contribution in [0.15, 0.2) is 84.9 Å². The zero-order valence-corrected chi connectivity index (χ0v) is 15.2. The minimum Gasteiger partial charge on any atom is -0.497 e. The standard InChI is InChI=1S/C24H22O3/c1-27-21-14-12-18(13-15-21)22(16-17-25)23(19-8-4-2-5-9-19)24(26)20-10-6-3-7-11-20/h2-15,17,22-23H,16H2,1H3/t22-,23+/m1/s1. The first kappa shape index (κ1) is 18.6. The Morgan fingerprint density at radius 3 is 2.00 bits per heavy atom. The van der Waals surface area contributed by atoms with Crippen molar-refractivity contribution in [3.05, 3.63) is 102 Å². The van der Waals surface area contributed by atoms with E-state index >= 15 is 0 Å². The van der Waals surface area contributed by atoms with Crippen LogP contribution in [0.4, 0.5) is 0 Å². The quantitative estimate of drug-likeness (QED) is 0.419. The van der Waals surface area contributed by atoms with Gasteiger partial charge in [0, 0.05) is 17.9 Å². The lowest BCUT2D eigenvalue weighted by Crippen LogP contribution is -2.21. The average Bonchev–Trinajstić information content (AvgIpc) is 2.75. The molecular formula is C24H22O3. The first-order valence-corrected chi connectivity index (χ1v) is 8.96. The molecule has 27 heavy (non-hydrogen) atoms. The lowest BCUT2D eigenvalue weighted by molar-refractivity contribution is -0.108. The smallest absolute Gasteiger partial charge is 0.170 e. The fourth-order valence-corrected chi connectivity index (χ4v) is 3.43. The fourth-order valence-electron chi connectivity index (χ4n) is 3.43. The van der Waals surface area contributed by atoms with E-state index in [0.29, 0.717) is 5.56 Å². The minimum absolute atomic E-state index is 0.0180. The topological polar surface area (TPSA) is 43.4 Å². The van der Waals surface area contributed by atoms with Crippen LogP contribution < -0.4 is 4.74 Å². The van der Waals surface area contributed by atoms with E-state index in [-0.39, 0.29) is 18.1 Å². The van der Waals surface area contributed by atoms with Crippen molar-refractivity contribution in [1.29, 1.82) is 0 Å². The second-order valence-electron chi connectivity index (χ2n) is 6.40. The number of carbonyl (C=O) groups is 2. The Bertz CT molecular complexity index is 871. The molecule has 3 heteroatoms. The maximum absolute atomic E-state index is 13.4. The zero-order chi connectivity index (χ0) is 19.1. The van der Waals surface area contributed by atoms with Gasteiger partial charge in [-0.1, -0.05) is 72.8 Å². The van der Waals surface area contributed by atoms with Gasteiger partial charge in [0.2, 0.25) is 0 Å². The van der Waals surface area contributed by atoms with Crippen LogP contribution in [0.25, 0.3) is 0 Å². The molecule has 3 aromatic carbocycles. The maximum Gasteiger partial charge on any atom is 0.170 e. The molecule has 0 saturated heterocycles. The van der Waals surface area contributed by atoms with Crippen molar-refractivity contribution in [2.24, 2.45) is 0 Å². The summed E-state index contributed by atoms with van der Waals surface area (Å²) >= 11 is 0. The summed E-state index contributed by atoms with van der Waals surface area (Å²) in [4.78, 5) is 24.9. The number of benzene rings is 3. The van der Waals surface area contributed by atoms with Crippen molar-refractivity contribution in [1.82, 2.24) is 0 Å². The zero-order valence-electron chi connectivity index (χ0n) is 15.2. The Kier molecular flexibility index (Phi) is 6.16. The highest BCUT2D eigenvalue weighted by atomic mass is 16.5. The molecule has 136 valence electrons. The SMILES string of the molecule is COc1ccc([C@@H](CC=O)[C@@H](C(=O)c2ccccc2)c2ccccc2)cc1. The second-order valence-corrected chi connectivity index (χ2v) is 6.40. The van der Waals surface area contributed by atoms with Gasteiger partial charge in [0.1, 0.15) is 12.0 Å². The van der Waals surface area contributed by atoms with Crippen LogP contribution >= 0.6 is 0 Å². The summed E-state index contributed by atoms with van der Waals surface area (Å²) in [6.07, 6.45) is 1.16. The molecular weight excluding hydrogens is 336 g/mol. The number of aldehydes is 1. The van der Waals surface area contributed by atoms with Gasteiger partial charge >= 0.3 is 0 Å². The molecule has 0 aliphatic carbocycles. The number of carbonyl (C=O) groups excluding carboxylic acids is 2. The van der Waals surface area contributed by atoms with Crippen molar-refractivity contribution in [3.8, 4) is 5.75 Å². The number of rotatable bonds is 8. The highest BCUT2D eigenvalue weighted by molar-refractivity contribution is 6.01. The van der Waals surface area contributed by atoms with E-state index in [1.807, 2.05) is 84.9 Å². The van der Waals surface area contributed by atoms with Crippen LogP contribution in [0, 0.1) is 0 Å². The number of methoxy groups -OCH3 is 1. The predicted octanol–water partition coefficient (Wildman–Crippen LogP) is 5.03. The van der Waals surface area contributed by atoms with E-state index in [9.17, 15) is 9.59 Å². The van der Waals surface area contributed by atoms with Gasteiger partial charge in [-0.05, 0) is 23.3 Å². The molecule has 0 N–H and O–H groups in total. The van der Waals surface area contributed by atoms with E-state index in [1.54, 1.807) is 7.11 Å². The Hall–Kier alpha value is -3.20. The van der Waals surface area contributed by atoms with Crippen LogP contribution in [0.5, 0.6) is 5.75 Å². The van der Waals surface area contributed by atoms with E-state index in [0.717, 1.165) is 23.2 Å². The maximum atomic E-state index is 13.4. The number of hydrogen-bond acceptors (Lipinski definition) is 3. The first-order valence-electron chi connectivity index (χ1n) is 8.96. The third kappa shape index (κ3) is 4.32. The van der Waals surface area contributed by atoms with E-state index in [1.165, 1.54) is 0 Å². The van der Waals surface area contributed by atoms with Crippen LogP contribution in [-0.2, 0) is 4.79 Å². The molecule has 0 aliphatic rings. The van der Waals surface area contributed by atoms with Crippen molar-refractivity contribution < 1.29 is 14.3 Å². The Morgan fingerprint density at radius 2 is 1.44 bits per heavy atom. The Balaban J connectivity index is 2.07. The Labute approximate surface area is 159 Å². The molecule has 3 nitrogen and oxygen atoms in total. The second kappa shape index (κ2) is 8.95. The first-order chi connectivity index (χ1) is 13.2. The third-order valence-corrected chi connectivity index (χ3v) is 4.80. The van der Waals surface area contributed by atoms with Crippen LogP contribution in [-0.4, -0.2) is 19.2 Å². The molecule has 2 atom stereocenters. The average molecular weight is 358 g/mol. The molecule has 0 aliphatic heterocycles. The minimum atomic E-state index is -0.438. The number of ether oxygens (including phenoxy) is 1. The Morgan fingerprint density at radius 1 is 0.852 bits per heavy atom. The monoisotopic (exact) mass is 358 g/mol. The highest BCUT2D eigenvalue weighted by Crippen LogP contribution is 2.38. The summed E-state index contributed by atoms with van der Waals surface area (Å²) in [7, 11) is 1.61. The molecule has 0 saturated carbocycles. The van der Waals surface area contributed by atoms with Gasteiger partial charge in [-0.2, -0.15) is 0 Å². The van der Waals surface area contributed by atoms with E-state index < -0.39 is 5.92 Å².